The van der Waals surface area contributed by atoms with Gasteiger partial charge in [-0.2, -0.15) is 0 Å². The molecule has 2 aromatic rings. The van der Waals surface area contributed by atoms with Gasteiger partial charge in [0.15, 0.2) is 15.6 Å². The van der Waals surface area contributed by atoms with Gasteiger partial charge in [0.1, 0.15) is 11.8 Å². The van der Waals surface area contributed by atoms with E-state index in [1.54, 1.807) is 32.5 Å². The molecule has 0 radical (unpaired) electrons. The van der Waals surface area contributed by atoms with Crippen LogP contribution in [0.4, 0.5) is 5.69 Å². The van der Waals surface area contributed by atoms with Crippen LogP contribution in [0.2, 0.25) is 0 Å². The number of benzene rings is 1. The summed E-state index contributed by atoms with van der Waals surface area (Å²) in [6.45, 7) is 2.96. The lowest BCUT2D eigenvalue weighted by molar-refractivity contribution is 0.0849. The van der Waals surface area contributed by atoms with Crippen LogP contribution in [-0.2, 0) is 28.0 Å². The maximum atomic E-state index is 12.6. The first-order valence-corrected chi connectivity index (χ1v) is 11.6. The van der Waals surface area contributed by atoms with Crippen molar-refractivity contribution in [1.29, 1.82) is 0 Å². The van der Waals surface area contributed by atoms with Gasteiger partial charge in [-0.1, -0.05) is 19.4 Å². The standard InChI is InChI=1S/C21H28N2O5S/c1-5-6-7-14-8-9-16(29(4,25)26)10-17(14)18-12-23(2)21(24)19-20(18)28-15(11-22-19)13-27-3/h8-10,12,15,22H,5-7,11,13H2,1-4H3. The molecule has 29 heavy (non-hydrogen) atoms. The van der Waals surface area contributed by atoms with E-state index < -0.39 is 9.84 Å². The van der Waals surface area contributed by atoms with E-state index in [1.807, 2.05) is 6.07 Å². The maximum Gasteiger partial charge on any atom is 0.277 e. The van der Waals surface area contributed by atoms with Gasteiger partial charge in [0.25, 0.3) is 5.56 Å². The molecule has 1 aromatic heterocycles. The highest BCUT2D eigenvalue weighted by molar-refractivity contribution is 7.90. The summed E-state index contributed by atoms with van der Waals surface area (Å²) >= 11 is 0. The van der Waals surface area contributed by atoms with Gasteiger partial charge in [-0.25, -0.2) is 8.42 Å². The molecule has 0 amide bonds. The summed E-state index contributed by atoms with van der Waals surface area (Å²) < 4.78 is 37.2. The van der Waals surface area contributed by atoms with Gasteiger partial charge in [-0.15, -0.1) is 0 Å². The molecule has 0 saturated heterocycles. The summed E-state index contributed by atoms with van der Waals surface area (Å²) in [4.78, 5) is 12.9. The summed E-state index contributed by atoms with van der Waals surface area (Å²) in [7, 11) is -0.0933. The number of anilines is 1. The molecule has 1 aliphatic heterocycles. The summed E-state index contributed by atoms with van der Waals surface area (Å²) in [5.41, 5.74) is 2.70. The van der Waals surface area contributed by atoms with Crippen LogP contribution < -0.4 is 15.6 Å². The number of rotatable bonds is 7. The fourth-order valence-corrected chi connectivity index (χ4v) is 4.16. The van der Waals surface area contributed by atoms with Crippen molar-refractivity contribution < 1.29 is 17.9 Å². The number of ether oxygens (including phenoxy) is 2. The van der Waals surface area contributed by atoms with E-state index in [-0.39, 0.29) is 16.6 Å². The Kier molecular flexibility index (Phi) is 6.33. The highest BCUT2D eigenvalue weighted by Gasteiger charge is 2.27. The molecular formula is C21H28N2O5S. The predicted molar refractivity (Wildman–Crippen MR) is 114 cm³/mol. The van der Waals surface area contributed by atoms with Gasteiger partial charge >= 0.3 is 0 Å². The summed E-state index contributed by atoms with van der Waals surface area (Å²) in [6, 6.07) is 5.19. The Bertz CT molecular complexity index is 1060. The molecule has 0 bridgehead atoms. The Labute approximate surface area is 171 Å². The fourth-order valence-electron chi connectivity index (χ4n) is 3.51. The van der Waals surface area contributed by atoms with Crippen LogP contribution in [0.15, 0.2) is 34.1 Å². The Morgan fingerprint density at radius 1 is 1.31 bits per heavy atom. The van der Waals surface area contributed by atoms with Gasteiger partial charge in [0.05, 0.1) is 18.0 Å². The lowest BCUT2D eigenvalue weighted by atomic mass is 9.96. The number of hydrogen-bond acceptors (Lipinski definition) is 6. The Hall–Kier alpha value is -2.32. The number of sulfone groups is 1. The first kappa shape index (κ1) is 21.4. The molecule has 0 spiro atoms. The molecule has 1 aromatic carbocycles. The molecule has 158 valence electrons. The van der Waals surface area contributed by atoms with Crippen LogP contribution in [0, 0.1) is 0 Å². The quantitative estimate of drug-likeness (QED) is 0.741. The molecule has 7 nitrogen and oxygen atoms in total. The first-order valence-electron chi connectivity index (χ1n) is 9.72. The summed E-state index contributed by atoms with van der Waals surface area (Å²) in [6.07, 6.45) is 5.48. The number of nitrogens with one attached hydrogen (secondary N) is 1. The second-order valence-corrected chi connectivity index (χ2v) is 9.45. The molecule has 1 atom stereocenters. The van der Waals surface area contributed by atoms with Crippen LogP contribution in [-0.4, -0.2) is 45.6 Å². The number of fused-ring (bicyclic) bond motifs is 1. The summed E-state index contributed by atoms with van der Waals surface area (Å²) in [5.74, 6) is 0.449. The van der Waals surface area contributed by atoms with Crippen LogP contribution in [0.3, 0.4) is 0 Å². The third kappa shape index (κ3) is 4.48. The fraction of sp³-hybridized carbons (Fsp3) is 0.476. The number of methoxy groups -OCH3 is 1. The zero-order valence-corrected chi connectivity index (χ0v) is 18.1. The molecule has 0 saturated carbocycles. The topological polar surface area (TPSA) is 86.6 Å². The van der Waals surface area contributed by atoms with Gasteiger partial charge in [-0.05, 0) is 36.1 Å². The predicted octanol–water partition coefficient (Wildman–Crippen LogP) is 2.62. The lowest BCUT2D eigenvalue weighted by Crippen LogP contribution is -2.38. The monoisotopic (exact) mass is 420 g/mol. The van der Waals surface area contributed by atoms with E-state index in [1.165, 1.54) is 10.8 Å². The smallest absolute Gasteiger partial charge is 0.277 e. The van der Waals surface area contributed by atoms with Crippen LogP contribution in [0.25, 0.3) is 11.1 Å². The lowest BCUT2D eigenvalue weighted by Gasteiger charge is -2.29. The second-order valence-electron chi connectivity index (χ2n) is 7.43. The molecule has 1 N–H and O–H groups in total. The number of nitrogens with zero attached hydrogens (tertiary/aromatic N) is 1. The van der Waals surface area contributed by atoms with Crippen molar-refractivity contribution in [1.82, 2.24) is 4.57 Å². The van der Waals surface area contributed by atoms with E-state index >= 15 is 0 Å². The van der Waals surface area contributed by atoms with E-state index in [2.05, 4.69) is 12.2 Å². The Morgan fingerprint density at radius 2 is 2.07 bits per heavy atom. The van der Waals surface area contributed by atoms with Gasteiger partial charge < -0.3 is 19.4 Å². The van der Waals surface area contributed by atoms with Gasteiger partial charge in [0.2, 0.25) is 0 Å². The largest absolute Gasteiger partial charge is 0.483 e. The molecule has 1 aliphatic rings. The third-order valence-electron chi connectivity index (χ3n) is 5.07. The molecular weight excluding hydrogens is 392 g/mol. The minimum atomic E-state index is -3.37. The zero-order chi connectivity index (χ0) is 21.2. The van der Waals surface area contributed by atoms with Crippen LogP contribution in [0.5, 0.6) is 5.75 Å². The first-order chi connectivity index (χ1) is 13.8. The van der Waals surface area contributed by atoms with E-state index in [9.17, 15) is 13.2 Å². The van der Waals surface area contributed by atoms with Gasteiger partial charge in [0, 0.05) is 32.2 Å². The van der Waals surface area contributed by atoms with Crippen molar-refractivity contribution in [3.05, 3.63) is 40.3 Å². The average molecular weight is 421 g/mol. The van der Waals surface area contributed by atoms with Crippen molar-refractivity contribution in [2.24, 2.45) is 7.05 Å². The number of aromatic nitrogens is 1. The normalized spacial score (nSPS) is 16.1. The minimum absolute atomic E-state index is 0.186. The molecule has 8 heteroatoms. The average Bonchev–Trinajstić information content (AvgIpc) is 2.68. The van der Waals surface area contributed by atoms with Crippen LogP contribution >= 0.6 is 0 Å². The van der Waals surface area contributed by atoms with E-state index in [0.29, 0.717) is 30.2 Å². The summed E-state index contributed by atoms with van der Waals surface area (Å²) in [5, 5.41) is 3.17. The van der Waals surface area contributed by atoms with Crippen molar-refractivity contribution in [2.75, 3.05) is 31.8 Å². The van der Waals surface area contributed by atoms with Crippen molar-refractivity contribution >= 4 is 15.5 Å². The zero-order valence-electron chi connectivity index (χ0n) is 17.3. The number of unbranched alkanes of at least 4 members (excludes halogenated alkanes) is 1. The van der Waals surface area contributed by atoms with E-state index in [0.717, 1.165) is 30.4 Å². The van der Waals surface area contributed by atoms with Gasteiger partial charge in [-0.3, -0.25) is 4.79 Å². The van der Waals surface area contributed by atoms with Crippen LogP contribution in [0.1, 0.15) is 25.3 Å². The number of pyridine rings is 1. The number of aryl methyl sites for hydroxylation is 2. The SMILES string of the molecule is CCCCc1ccc(S(C)(=O)=O)cc1-c1cn(C)c(=O)c2c1OC(COC)CN2. The highest BCUT2D eigenvalue weighted by Crippen LogP contribution is 2.39. The van der Waals surface area contributed by atoms with E-state index in [4.69, 9.17) is 9.47 Å². The highest BCUT2D eigenvalue weighted by atomic mass is 32.2. The Morgan fingerprint density at radius 3 is 2.72 bits per heavy atom. The maximum absolute atomic E-state index is 12.6. The molecule has 3 rings (SSSR count). The molecule has 2 heterocycles. The minimum Gasteiger partial charge on any atom is -0.483 e. The second kappa shape index (κ2) is 8.59. The molecule has 0 aliphatic carbocycles. The Balaban J connectivity index is 2.24. The molecule has 1 unspecified atom stereocenters. The number of hydrogen-bond donors (Lipinski definition) is 1. The third-order valence-corrected chi connectivity index (χ3v) is 6.18. The van der Waals surface area contributed by atoms with Crippen molar-refractivity contribution in [3.63, 3.8) is 0 Å². The molecule has 0 fully saturated rings. The van der Waals surface area contributed by atoms with Crippen molar-refractivity contribution in [3.8, 4) is 16.9 Å². The van der Waals surface area contributed by atoms with Crippen molar-refractivity contribution in [2.45, 2.75) is 37.2 Å².